The first-order valence-corrected chi connectivity index (χ1v) is 5.85. The van der Waals surface area contributed by atoms with Gasteiger partial charge in [0, 0.05) is 24.7 Å². The Morgan fingerprint density at radius 1 is 1.40 bits per heavy atom. The van der Waals surface area contributed by atoms with E-state index in [0.717, 1.165) is 25.7 Å². The third kappa shape index (κ3) is 1.66. The molecule has 2 aliphatic rings. The van der Waals surface area contributed by atoms with Crippen LogP contribution >= 0.6 is 0 Å². The van der Waals surface area contributed by atoms with Crippen molar-refractivity contribution in [3.05, 3.63) is 12.7 Å². The summed E-state index contributed by atoms with van der Waals surface area (Å²) >= 11 is 0. The van der Waals surface area contributed by atoms with E-state index in [1.807, 2.05) is 6.08 Å². The zero-order chi connectivity index (χ0) is 10.9. The maximum Gasteiger partial charge on any atom is 0.139 e. The Morgan fingerprint density at radius 2 is 2.20 bits per heavy atom. The molecule has 2 atom stereocenters. The molecule has 0 saturated heterocycles. The van der Waals surface area contributed by atoms with Gasteiger partial charge in [-0.25, -0.2) is 0 Å². The number of allylic oxidation sites excluding steroid dienone is 1. The van der Waals surface area contributed by atoms with Gasteiger partial charge in [-0.05, 0) is 31.6 Å². The minimum absolute atomic E-state index is 0.214. The lowest BCUT2D eigenvalue weighted by Crippen LogP contribution is -2.45. The first kappa shape index (κ1) is 10.6. The summed E-state index contributed by atoms with van der Waals surface area (Å²) in [7, 11) is 0. The SMILES string of the molecule is C=CC[C@]12CCC(=O)C[C@H]1CCCC2=O. The predicted octanol–water partition coefficient (Wildman–Crippen LogP) is 2.67. The molecule has 0 aliphatic heterocycles. The molecule has 0 bridgehead atoms. The second kappa shape index (κ2) is 3.92. The quantitative estimate of drug-likeness (QED) is 0.651. The van der Waals surface area contributed by atoms with E-state index in [9.17, 15) is 9.59 Å². The first-order chi connectivity index (χ1) is 7.19. The summed E-state index contributed by atoms with van der Waals surface area (Å²) in [5.74, 6) is 1.03. The Hall–Kier alpha value is -0.920. The Bertz CT molecular complexity index is 306. The molecule has 0 radical (unpaired) electrons. The lowest BCUT2D eigenvalue weighted by Gasteiger charge is -2.45. The number of ketones is 2. The van der Waals surface area contributed by atoms with E-state index >= 15 is 0 Å². The van der Waals surface area contributed by atoms with Gasteiger partial charge in [-0.15, -0.1) is 6.58 Å². The van der Waals surface area contributed by atoms with Crippen molar-refractivity contribution >= 4 is 11.6 Å². The van der Waals surface area contributed by atoms with Gasteiger partial charge >= 0.3 is 0 Å². The predicted molar refractivity (Wildman–Crippen MR) is 58.5 cm³/mol. The Labute approximate surface area is 90.7 Å². The summed E-state index contributed by atoms with van der Waals surface area (Å²) in [5.41, 5.74) is -0.214. The van der Waals surface area contributed by atoms with Gasteiger partial charge in [-0.3, -0.25) is 9.59 Å². The van der Waals surface area contributed by atoms with Crippen LogP contribution in [0.4, 0.5) is 0 Å². The van der Waals surface area contributed by atoms with Gasteiger partial charge in [0.15, 0.2) is 0 Å². The largest absolute Gasteiger partial charge is 0.300 e. The van der Waals surface area contributed by atoms with Crippen LogP contribution in [0.15, 0.2) is 12.7 Å². The zero-order valence-corrected chi connectivity index (χ0v) is 9.13. The molecule has 2 nitrogen and oxygen atoms in total. The van der Waals surface area contributed by atoms with Gasteiger partial charge in [0.05, 0.1) is 0 Å². The number of fused-ring (bicyclic) bond motifs is 1. The van der Waals surface area contributed by atoms with Gasteiger partial charge in [0.2, 0.25) is 0 Å². The molecule has 0 aromatic carbocycles. The zero-order valence-electron chi connectivity index (χ0n) is 9.13. The standard InChI is InChI=1S/C13H18O2/c1-2-7-13-8-6-11(14)9-10(13)4-3-5-12(13)15/h2,10H,1,3-9H2/t10-,13+/m1/s1. The Balaban J connectivity index is 2.27. The van der Waals surface area contributed by atoms with E-state index in [4.69, 9.17) is 0 Å². The van der Waals surface area contributed by atoms with Crippen molar-refractivity contribution in [3.63, 3.8) is 0 Å². The van der Waals surface area contributed by atoms with Crippen LogP contribution in [0, 0.1) is 11.3 Å². The second-order valence-corrected chi connectivity index (χ2v) is 4.90. The summed E-state index contributed by atoms with van der Waals surface area (Å²) < 4.78 is 0. The fourth-order valence-corrected chi connectivity index (χ4v) is 3.28. The van der Waals surface area contributed by atoms with Crippen LogP contribution in [-0.4, -0.2) is 11.6 Å². The molecular formula is C13H18O2. The average Bonchev–Trinajstić information content (AvgIpc) is 2.21. The molecule has 2 aliphatic carbocycles. The molecule has 2 fully saturated rings. The van der Waals surface area contributed by atoms with Crippen LogP contribution < -0.4 is 0 Å². The number of rotatable bonds is 2. The first-order valence-electron chi connectivity index (χ1n) is 5.85. The van der Waals surface area contributed by atoms with Crippen molar-refractivity contribution in [2.45, 2.75) is 44.9 Å². The van der Waals surface area contributed by atoms with Crippen molar-refractivity contribution in [1.29, 1.82) is 0 Å². The molecule has 0 spiro atoms. The smallest absolute Gasteiger partial charge is 0.139 e. The van der Waals surface area contributed by atoms with Crippen LogP contribution in [0.25, 0.3) is 0 Å². The van der Waals surface area contributed by atoms with Crippen LogP contribution in [-0.2, 0) is 9.59 Å². The summed E-state index contributed by atoms with van der Waals surface area (Å²) in [6, 6.07) is 0. The normalized spacial score (nSPS) is 36.1. The maximum absolute atomic E-state index is 12.1. The minimum atomic E-state index is -0.214. The number of carbonyl (C=O) groups excluding carboxylic acids is 2. The van der Waals surface area contributed by atoms with Gasteiger partial charge in [-0.2, -0.15) is 0 Å². The summed E-state index contributed by atoms with van der Waals surface area (Å²) in [5, 5.41) is 0. The second-order valence-electron chi connectivity index (χ2n) is 4.90. The number of carbonyl (C=O) groups is 2. The summed E-state index contributed by atoms with van der Waals surface area (Å²) in [6.45, 7) is 3.76. The van der Waals surface area contributed by atoms with Crippen molar-refractivity contribution in [1.82, 2.24) is 0 Å². The van der Waals surface area contributed by atoms with Gasteiger partial charge in [0.25, 0.3) is 0 Å². The van der Waals surface area contributed by atoms with E-state index in [1.165, 1.54) is 0 Å². The van der Waals surface area contributed by atoms with Crippen molar-refractivity contribution in [2.75, 3.05) is 0 Å². The van der Waals surface area contributed by atoms with Gasteiger partial charge in [-0.1, -0.05) is 6.08 Å². The molecule has 2 rings (SSSR count). The highest BCUT2D eigenvalue weighted by atomic mass is 16.1. The van der Waals surface area contributed by atoms with Gasteiger partial charge in [0.1, 0.15) is 11.6 Å². The minimum Gasteiger partial charge on any atom is -0.300 e. The summed E-state index contributed by atoms with van der Waals surface area (Å²) in [6.07, 6.45) is 7.33. The monoisotopic (exact) mass is 206 g/mol. The number of Topliss-reactive ketones (excluding diaryl/α,β-unsaturated/α-hetero) is 2. The molecule has 2 saturated carbocycles. The molecule has 0 aromatic rings. The van der Waals surface area contributed by atoms with Crippen LogP contribution in [0.1, 0.15) is 44.9 Å². The van der Waals surface area contributed by atoms with Crippen molar-refractivity contribution in [2.24, 2.45) is 11.3 Å². The molecule has 0 unspecified atom stereocenters. The highest BCUT2D eigenvalue weighted by molar-refractivity contribution is 5.90. The fraction of sp³-hybridized carbons (Fsp3) is 0.692. The van der Waals surface area contributed by atoms with Crippen LogP contribution in [0.5, 0.6) is 0 Å². The van der Waals surface area contributed by atoms with E-state index < -0.39 is 0 Å². The molecule has 0 N–H and O–H groups in total. The molecule has 15 heavy (non-hydrogen) atoms. The summed E-state index contributed by atoms with van der Waals surface area (Å²) in [4.78, 5) is 23.5. The molecular weight excluding hydrogens is 188 g/mol. The molecule has 82 valence electrons. The van der Waals surface area contributed by atoms with Crippen molar-refractivity contribution < 1.29 is 9.59 Å². The lowest BCUT2D eigenvalue weighted by atomic mass is 9.57. The van der Waals surface area contributed by atoms with Gasteiger partial charge < -0.3 is 0 Å². The molecule has 0 amide bonds. The molecule has 0 heterocycles. The van der Waals surface area contributed by atoms with Crippen LogP contribution in [0.2, 0.25) is 0 Å². The average molecular weight is 206 g/mol. The Morgan fingerprint density at radius 3 is 2.93 bits per heavy atom. The van der Waals surface area contributed by atoms with Crippen LogP contribution in [0.3, 0.4) is 0 Å². The maximum atomic E-state index is 12.1. The van der Waals surface area contributed by atoms with E-state index in [0.29, 0.717) is 36.7 Å². The highest BCUT2D eigenvalue weighted by Gasteiger charge is 2.48. The van der Waals surface area contributed by atoms with E-state index in [1.54, 1.807) is 0 Å². The molecule has 2 heteroatoms. The third-order valence-corrected chi connectivity index (χ3v) is 4.13. The third-order valence-electron chi connectivity index (χ3n) is 4.13. The van der Waals surface area contributed by atoms with E-state index in [-0.39, 0.29) is 5.41 Å². The van der Waals surface area contributed by atoms with E-state index in [2.05, 4.69) is 6.58 Å². The molecule has 0 aromatic heterocycles. The Kier molecular flexibility index (Phi) is 2.76. The number of hydrogen-bond acceptors (Lipinski definition) is 2. The highest BCUT2D eigenvalue weighted by Crippen LogP contribution is 2.49. The lowest BCUT2D eigenvalue weighted by molar-refractivity contribution is -0.141. The fourth-order valence-electron chi connectivity index (χ4n) is 3.28. The topological polar surface area (TPSA) is 34.1 Å². The van der Waals surface area contributed by atoms with Crippen molar-refractivity contribution in [3.8, 4) is 0 Å². The number of hydrogen-bond donors (Lipinski definition) is 0.